The summed E-state index contributed by atoms with van der Waals surface area (Å²) in [7, 11) is 5.31. The van der Waals surface area contributed by atoms with Gasteiger partial charge in [-0.3, -0.25) is 10.1 Å². The zero-order chi connectivity index (χ0) is 21.4. The number of likely N-dealkylation sites (N-methyl/N-ethyl adjacent to an activating group) is 1. The molecule has 0 aliphatic heterocycles. The zero-order valence-electron chi connectivity index (χ0n) is 19.3. The van der Waals surface area contributed by atoms with Crippen LogP contribution < -0.4 is 5.32 Å². The molecule has 0 aromatic rings. The maximum Gasteiger partial charge on any atom is 0.385 e. The molecule has 0 fully saturated rings. The monoisotopic (exact) mass is 399 g/mol. The minimum absolute atomic E-state index is 0.158. The van der Waals surface area contributed by atoms with E-state index in [0.717, 1.165) is 18.8 Å². The molecule has 1 amide bonds. The smallest absolute Gasteiger partial charge is 0.385 e. The van der Waals surface area contributed by atoms with Gasteiger partial charge in [-0.05, 0) is 12.3 Å². The standard InChI is InChI=1S/C23H46N2O3/c1-20(2)18-16-14-12-10-8-6-7-9-11-13-15-17-19-21(26)24-22(23(27)28)25(3,4)5/h20,22H,6-19H2,1-5H3,(H-,24,26,27,28)/p+1. The Labute approximate surface area is 173 Å². The lowest BCUT2D eigenvalue weighted by Gasteiger charge is -2.31. The highest BCUT2D eigenvalue weighted by molar-refractivity contribution is 5.82. The molecule has 2 N–H and O–H groups in total. The molecular weight excluding hydrogens is 352 g/mol. The fraction of sp³-hybridized carbons (Fsp3) is 0.913. The van der Waals surface area contributed by atoms with Crippen LogP contribution in [0, 0.1) is 5.92 Å². The molecule has 0 aliphatic carbocycles. The molecule has 5 nitrogen and oxygen atoms in total. The summed E-state index contributed by atoms with van der Waals surface area (Å²) in [6, 6.07) is 0. The van der Waals surface area contributed by atoms with E-state index >= 15 is 0 Å². The summed E-state index contributed by atoms with van der Waals surface area (Å²) in [6.07, 6.45) is 16.1. The van der Waals surface area contributed by atoms with Crippen molar-refractivity contribution in [2.24, 2.45) is 5.92 Å². The summed E-state index contributed by atoms with van der Waals surface area (Å²) < 4.78 is 0.180. The fourth-order valence-corrected chi connectivity index (χ4v) is 3.42. The molecular formula is C23H47N2O3+. The minimum Gasteiger partial charge on any atom is -0.475 e. The number of carboxylic acid groups (broad SMARTS) is 1. The molecule has 166 valence electrons. The van der Waals surface area contributed by atoms with Gasteiger partial charge in [-0.1, -0.05) is 90.9 Å². The van der Waals surface area contributed by atoms with Gasteiger partial charge < -0.3 is 9.59 Å². The molecule has 0 rings (SSSR count). The second kappa shape index (κ2) is 15.8. The maximum absolute atomic E-state index is 12.0. The molecule has 0 radical (unpaired) electrons. The van der Waals surface area contributed by atoms with Crippen LogP contribution in [0.1, 0.15) is 104 Å². The van der Waals surface area contributed by atoms with E-state index in [1.165, 1.54) is 70.6 Å². The Hall–Kier alpha value is -1.10. The average molecular weight is 400 g/mol. The van der Waals surface area contributed by atoms with Crippen molar-refractivity contribution >= 4 is 11.9 Å². The van der Waals surface area contributed by atoms with Gasteiger partial charge in [-0.25, -0.2) is 4.79 Å². The van der Waals surface area contributed by atoms with Crippen molar-refractivity contribution < 1.29 is 19.2 Å². The van der Waals surface area contributed by atoms with Crippen molar-refractivity contribution in [3.8, 4) is 0 Å². The number of unbranched alkanes of at least 4 members (excludes halogenated alkanes) is 11. The van der Waals surface area contributed by atoms with Crippen LogP contribution in [0.3, 0.4) is 0 Å². The Kier molecular flexibility index (Phi) is 15.2. The normalized spacial score (nSPS) is 12.9. The highest BCUT2D eigenvalue weighted by Crippen LogP contribution is 2.14. The zero-order valence-corrected chi connectivity index (χ0v) is 19.3. The molecule has 1 atom stereocenters. The van der Waals surface area contributed by atoms with Gasteiger partial charge in [-0.15, -0.1) is 0 Å². The number of rotatable bonds is 18. The molecule has 0 aromatic carbocycles. The third-order valence-corrected chi connectivity index (χ3v) is 5.24. The van der Waals surface area contributed by atoms with Crippen LogP contribution >= 0.6 is 0 Å². The van der Waals surface area contributed by atoms with Crippen LogP contribution in [0.2, 0.25) is 0 Å². The number of hydrogen-bond donors (Lipinski definition) is 2. The first-order valence-corrected chi connectivity index (χ1v) is 11.5. The first-order valence-electron chi connectivity index (χ1n) is 11.5. The molecule has 0 aliphatic rings. The van der Waals surface area contributed by atoms with Gasteiger partial charge in [-0.2, -0.15) is 0 Å². The van der Waals surface area contributed by atoms with Crippen molar-refractivity contribution in [2.75, 3.05) is 21.1 Å². The van der Waals surface area contributed by atoms with E-state index in [0.29, 0.717) is 6.42 Å². The highest BCUT2D eigenvalue weighted by Gasteiger charge is 2.32. The van der Waals surface area contributed by atoms with Gasteiger partial charge in [0.1, 0.15) is 0 Å². The van der Waals surface area contributed by atoms with Gasteiger partial charge >= 0.3 is 5.97 Å². The van der Waals surface area contributed by atoms with Crippen molar-refractivity contribution in [1.29, 1.82) is 0 Å². The Bertz CT molecular complexity index is 417. The van der Waals surface area contributed by atoms with Crippen LogP contribution in [0.25, 0.3) is 0 Å². The summed E-state index contributed by atoms with van der Waals surface area (Å²) >= 11 is 0. The molecule has 0 heterocycles. The second-order valence-electron chi connectivity index (χ2n) is 9.60. The summed E-state index contributed by atoms with van der Waals surface area (Å²) in [5, 5.41) is 11.9. The first kappa shape index (κ1) is 26.9. The van der Waals surface area contributed by atoms with Gasteiger partial charge in [0.05, 0.1) is 21.1 Å². The summed E-state index contributed by atoms with van der Waals surface area (Å²) in [5.74, 6) is -0.302. The lowest BCUT2D eigenvalue weighted by molar-refractivity contribution is -0.889. The molecule has 5 heteroatoms. The Balaban J connectivity index is 3.48. The van der Waals surface area contributed by atoms with Crippen molar-refractivity contribution in [1.82, 2.24) is 5.32 Å². The summed E-state index contributed by atoms with van der Waals surface area (Å²) in [6.45, 7) is 4.60. The highest BCUT2D eigenvalue weighted by atomic mass is 16.4. The average Bonchev–Trinajstić information content (AvgIpc) is 2.58. The number of carbonyl (C=O) groups is 2. The molecule has 0 saturated carbocycles. The van der Waals surface area contributed by atoms with Crippen molar-refractivity contribution in [3.05, 3.63) is 0 Å². The molecule has 0 spiro atoms. The van der Waals surface area contributed by atoms with E-state index in [2.05, 4.69) is 19.2 Å². The Morgan fingerprint density at radius 2 is 1.14 bits per heavy atom. The topological polar surface area (TPSA) is 66.4 Å². The third-order valence-electron chi connectivity index (χ3n) is 5.24. The molecule has 28 heavy (non-hydrogen) atoms. The summed E-state index contributed by atoms with van der Waals surface area (Å²) in [5.41, 5.74) is 0. The van der Waals surface area contributed by atoms with E-state index in [1.54, 1.807) is 21.1 Å². The van der Waals surface area contributed by atoms with Gasteiger partial charge in [0, 0.05) is 6.42 Å². The number of carboxylic acids is 1. The summed E-state index contributed by atoms with van der Waals surface area (Å²) in [4.78, 5) is 23.2. The van der Waals surface area contributed by atoms with Crippen LogP contribution in [0.4, 0.5) is 0 Å². The number of carbonyl (C=O) groups excluding carboxylic acids is 1. The number of quaternary nitrogens is 1. The molecule has 0 saturated heterocycles. The number of amides is 1. The maximum atomic E-state index is 12.0. The molecule has 1 unspecified atom stereocenters. The lowest BCUT2D eigenvalue weighted by atomic mass is 10.0. The van der Waals surface area contributed by atoms with Crippen LogP contribution in [0.5, 0.6) is 0 Å². The van der Waals surface area contributed by atoms with E-state index in [4.69, 9.17) is 0 Å². The van der Waals surface area contributed by atoms with Gasteiger partial charge in [0.2, 0.25) is 5.91 Å². The fourth-order valence-electron chi connectivity index (χ4n) is 3.42. The van der Waals surface area contributed by atoms with E-state index in [9.17, 15) is 14.7 Å². The number of hydrogen-bond acceptors (Lipinski definition) is 2. The Morgan fingerprint density at radius 3 is 1.50 bits per heavy atom. The van der Waals surface area contributed by atoms with Crippen molar-refractivity contribution in [2.45, 2.75) is 110 Å². The predicted octanol–water partition coefficient (Wildman–Crippen LogP) is 5.34. The lowest BCUT2D eigenvalue weighted by Crippen LogP contribution is -2.59. The van der Waals surface area contributed by atoms with E-state index in [-0.39, 0.29) is 10.4 Å². The van der Waals surface area contributed by atoms with Gasteiger partial charge in [0.25, 0.3) is 6.17 Å². The number of nitrogens with zero attached hydrogens (tertiary/aromatic N) is 1. The minimum atomic E-state index is -0.989. The number of nitrogens with one attached hydrogen (secondary N) is 1. The first-order chi connectivity index (χ1) is 13.1. The quantitative estimate of drug-likeness (QED) is 0.186. The Morgan fingerprint density at radius 1 is 0.750 bits per heavy atom. The molecule has 0 bridgehead atoms. The SMILES string of the molecule is CC(C)CCCCCCCCCCCCCCC(=O)NC(C(=O)O)[N+](C)(C)C. The van der Waals surface area contributed by atoms with Crippen LogP contribution in [-0.4, -0.2) is 48.8 Å². The predicted molar refractivity (Wildman–Crippen MR) is 117 cm³/mol. The van der Waals surface area contributed by atoms with Gasteiger partial charge in [0.15, 0.2) is 0 Å². The van der Waals surface area contributed by atoms with E-state index < -0.39 is 12.1 Å². The third kappa shape index (κ3) is 15.9. The van der Waals surface area contributed by atoms with E-state index in [1.807, 2.05) is 0 Å². The van der Waals surface area contributed by atoms with Crippen molar-refractivity contribution in [3.63, 3.8) is 0 Å². The number of aliphatic carboxylic acids is 1. The van der Waals surface area contributed by atoms with Crippen LogP contribution in [0.15, 0.2) is 0 Å². The van der Waals surface area contributed by atoms with Crippen LogP contribution in [-0.2, 0) is 9.59 Å². The molecule has 0 aromatic heterocycles. The largest absolute Gasteiger partial charge is 0.475 e. The second-order valence-corrected chi connectivity index (χ2v) is 9.60.